The van der Waals surface area contributed by atoms with Crippen LogP contribution in [0.2, 0.25) is 0 Å². The number of hydrogen-bond donors (Lipinski definition) is 1. The molecule has 0 bridgehead atoms. The average molecular weight is 333 g/mol. The Bertz CT molecular complexity index is 432. The fourth-order valence-electron chi connectivity index (χ4n) is 0.914. The summed E-state index contributed by atoms with van der Waals surface area (Å²) >= 11 is 6.68. The van der Waals surface area contributed by atoms with Crippen LogP contribution in [0.5, 0.6) is 0 Å². The van der Waals surface area contributed by atoms with E-state index in [0.717, 1.165) is 6.07 Å². The van der Waals surface area contributed by atoms with Crippen molar-refractivity contribution >= 4 is 39.4 Å². The lowest BCUT2D eigenvalue weighted by Gasteiger charge is -2.04. The van der Waals surface area contributed by atoms with Crippen LogP contribution in [-0.4, -0.2) is 10.2 Å². The van der Waals surface area contributed by atoms with Crippen molar-refractivity contribution in [1.82, 2.24) is 4.98 Å². The van der Waals surface area contributed by atoms with Gasteiger partial charge in [-0.2, -0.15) is 0 Å². The maximum Gasteiger partial charge on any atom is 0.279 e. The molecule has 1 rings (SSSR count). The second kappa shape index (κ2) is 4.35. The van der Waals surface area contributed by atoms with Crippen LogP contribution in [0.25, 0.3) is 0 Å². The lowest BCUT2D eigenvalue weighted by molar-refractivity contribution is 0.106. The molecule has 0 saturated carbocycles. The Kier molecular flexibility index (Phi) is 3.59. The van der Waals surface area contributed by atoms with Crippen molar-refractivity contribution < 1.29 is 13.6 Å². The molecule has 0 atom stereocenters. The maximum absolute atomic E-state index is 12.4. The molecule has 0 spiro atoms. The molecule has 0 unspecified atom stereocenters. The molecule has 7 heteroatoms. The van der Waals surface area contributed by atoms with Gasteiger partial charge in [0.05, 0.1) is 9.39 Å². The molecule has 1 aromatic heterocycles. The molecule has 1 aromatic rings. The van der Waals surface area contributed by atoms with Gasteiger partial charge in [-0.15, -0.1) is 0 Å². The molecule has 1 heterocycles. The predicted molar refractivity (Wildman–Crippen MR) is 54.9 cm³/mol. The summed E-state index contributed by atoms with van der Waals surface area (Å²) in [5.41, 5.74) is -2.23. The number of halogens is 4. The minimum Gasteiger partial charge on any atom is -0.348 e. The molecule has 1 N–H and O–H groups in total. The SMILES string of the molecule is O=C(Cl)c1c(C(F)F)[nH]c(I)cc1=O. The van der Waals surface area contributed by atoms with Gasteiger partial charge < -0.3 is 4.98 Å². The zero-order valence-corrected chi connectivity index (χ0v) is 9.40. The largest absolute Gasteiger partial charge is 0.348 e. The third-order valence-electron chi connectivity index (χ3n) is 1.44. The van der Waals surface area contributed by atoms with E-state index in [1.807, 2.05) is 0 Å². The minimum absolute atomic E-state index is 0.226. The molecule has 0 aliphatic rings. The Morgan fingerprint density at radius 1 is 1.57 bits per heavy atom. The number of alkyl halides is 2. The van der Waals surface area contributed by atoms with Gasteiger partial charge in [0.15, 0.2) is 5.43 Å². The Hall–Kier alpha value is -0.500. The highest BCUT2D eigenvalue weighted by Gasteiger charge is 2.21. The van der Waals surface area contributed by atoms with E-state index in [1.165, 1.54) is 0 Å². The van der Waals surface area contributed by atoms with Crippen LogP contribution in [0, 0.1) is 3.70 Å². The molecule has 0 aliphatic carbocycles. The van der Waals surface area contributed by atoms with E-state index >= 15 is 0 Å². The number of carbonyl (C=O) groups excluding carboxylic acids is 1. The first-order valence-corrected chi connectivity index (χ1v) is 4.80. The van der Waals surface area contributed by atoms with Crippen LogP contribution in [0.3, 0.4) is 0 Å². The lowest BCUT2D eigenvalue weighted by Crippen LogP contribution is -2.17. The van der Waals surface area contributed by atoms with Crippen molar-refractivity contribution in [1.29, 1.82) is 0 Å². The molecule has 3 nitrogen and oxygen atoms in total. The van der Waals surface area contributed by atoms with Crippen molar-refractivity contribution in [2.75, 3.05) is 0 Å². The van der Waals surface area contributed by atoms with E-state index in [9.17, 15) is 18.4 Å². The number of rotatable bonds is 2. The van der Waals surface area contributed by atoms with E-state index in [1.54, 1.807) is 22.6 Å². The van der Waals surface area contributed by atoms with Gasteiger partial charge in [-0.05, 0) is 34.2 Å². The van der Waals surface area contributed by atoms with Crippen molar-refractivity contribution in [3.63, 3.8) is 0 Å². The first kappa shape index (κ1) is 11.6. The highest BCUT2D eigenvalue weighted by Crippen LogP contribution is 2.20. The normalized spacial score (nSPS) is 10.6. The third kappa shape index (κ3) is 2.30. The Morgan fingerprint density at radius 3 is 2.57 bits per heavy atom. The molecule has 76 valence electrons. The number of H-pyrrole nitrogens is 1. The quantitative estimate of drug-likeness (QED) is 0.513. The fraction of sp³-hybridized carbons (Fsp3) is 0.143. The van der Waals surface area contributed by atoms with Gasteiger partial charge in [-0.25, -0.2) is 8.78 Å². The van der Waals surface area contributed by atoms with Crippen LogP contribution in [0.15, 0.2) is 10.9 Å². The summed E-state index contributed by atoms with van der Waals surface area (Å²) in [6.45, 7) is 0. The first-order chi connectivity index (χ1) is 6.43. The zero-order valence-electron chi connectivity index (χ0n) is 6.48. The Morgan fingerprint density at radius 2 is 2.14 bits per heavy atom. The number of nitrogens with one attached hydrogen (secondary N) is 1. The number of hydrogen-bond acceptors (Lipinski definition) is 2. The van der Waals surface area contributed by atoms with Crippen LogP contribution in [0.4, 0.5) is 8.78 Å². The number of aromatic amines is 1. The molecule has 0 radical (unpaired) electrons. The second-order valence-corrected chi connectivity index (χ2v) is 3.85. The highest BCUT2D eigenvalue weighted by molar-refractivity contribution is 14.1. The summed E-state index contributed by atoms with van der Waals surface area (Å²) in [7, 11) is 0. The molecule has 0 aromatic carbocycles. The Balaban J connectivity index is 3.53. The monoisotopic (exact) mass is 333 g/mol. The summed E-state index contributed by atoms with van der Waals surface area (Å²) in [5.74, 6) is 0. The van der Waals surface area contributed by atoms with Crippen LogP contribution >= 0.6 is 34.2 Å². The zero-order chi connectivity index (χ0) is 10.9. The molecular weight excluding hydrogens is 330 g/mol. The van der Waals surface area contributed by atoms with E-state index in [0.29, 0.717) is 0 Å². The van der Waals surface area contributed by atoms with E-state index < -0.39 is 28.4 Å². The molecule has 14 heavy (non-hydrogen) atoms. The van der Waals surface area contributed by atoms with Crippen molar-refractivity contribution in [3.8, 4) is 0 Å². The molecular formula is C7H3ClF2INO2. The lowest BCUT2D eigenvalue weighted by atomic mass is 10.2. The topological polar surface area (TPSA) is 49.9 Å². The second-order valence-electron chi connectivity index (χ2n) is 2.34. The van der Waals surface area contributed by atoms with Crippen LogP contribution in [-0.2, 0) is 0 Å². The minimum atomic E-state index is -2.94. The number of pyridine rings is 1. The smallest absolute Gasteiger partial charge is 0.279 e. The average Bonchev–Trinajstić information content (AvgIpc) is 2.01. The number of aromatic nitrogens is 1. The van der Waals surface area contributed by atoms with E-state index in [4.69, 9.17) is 11.6 Å². The van der Waals surface area contributed by atoms with Gasteiger partial charge in [0, 0.05) is 6.07 Å². The van der Waals surface area contributed by atoms with Gasteiger partial charge in [0.2, 0.25) is 0 Å². The fourth-order valence-corrected chi connectivity index (χ4v) is 1.68. The van der Waals surface area contributed by atoms with Gasteiger partial charge >= 0.3 is 0 Å². The van der Waals surface area contributed by atoms with Gasteiger partial charge in [0.1, 0.15) is 5.56 Å². The summed E-state index contributed by atoms with van der Waals surface area (Å²) < 4.78 is 25.0. The highest BCUT2D eigenvalue weighted by atomic mass is 127. The standard InChI is InChI=1S/C7H3ClF2INO2/c8-6(14)4-2(13)1-3(11)12-5(4)7(9)10/h1,7H,(H,12,13). The first-order valence-electron chi connectivity index (χ1n) is 3.34. The molecule has 0 aliphatic heterocycles. The van der Waals surface area contributed by atoms with Gasteiger partial charge in [-0.1, -0.05) is 0 Å². The summed E-state index contributed by atoms with van der Waals surface area (Å²) in [6.07, 6.45) is -2.94. The summed E-state index contributed by atoms with van der Waals surface area (Å²) in [5, 5.41) is -1.18. The van der Waals surface area contributed by atoms with Gasteiger partial charge in [0.25, 0.3) is 11.7 Å². The van der Waals surface area contributed by atoms with Crippen molar-refractivity contribution in [3.05, 3.63) is 31.2 Å². The summed E-state index contributed by atoms with van der Waals surface area (Å²) in [4.78, 5) is 24.1. The van der Waals surface area contributed by atoms with E-state index in [-0.39, 0.29) is 3.70 Å². The van der Waals surface area contributed by atoms with Crippen LogP contribution in [0.1, 0.15) is 22.5 Å². The Labute approximate surface area is 95.6 Å². The number of carbonyl (C=O) groups is 1. The van der Waals surface area contributed by atoms with Crippen LogP contribution < -0.4 is 5.43 Å². The maximum atomic E-state index is 12.4. The summed E-state index contributed by atoms with van der Waals surface area (Å²) in [6, 6.07) is 1.03. The third-order valence-corrected chi connectivity index (χ3v) is 2.21. The van der Waals surface area contributed by atoms with E-state index in [2.05, 4.69) is 4.98 Å². The predicted octanol–water partition coefficient (Wildman–Crippen LogP) is 2.30. The molecule has 0 amide bonds. The molecule has 0 fully saturated rings. The molecule has 0 saturated heterocycles. The van der Waals surface area contributed by atoms with Crippen molar-refractivity contribution in [2.24, 2.45) is 0 Å². The van der Waals surface area contributed by atoms with Crippen molar-refractivity contribution in [2.45, 2.75) is 6.43 Å². The van der Waals surface area contributed by atoms with Gasteiger partial charge in [-0.3, -0.25) is 9.59 Å².